The molecule has 5 nitrogen and oxygen atoms in total. The highest BCUT2D eigenvalue weighted by Crippen LogP contribution is 2.40. The summed E-state index contributed by atoms with van der Waals surface area (Å²) in [5.74, 6) is 0.689. The van der Waals surface area contributed by atoms with Crippen LogP contribution in [-0.4, -0.2) is 31.8 Å². The van der Waals surface area contributed by atoms with Gasteiger partial charge >= 0.3 is 0 Å². The molecule has 5 heteroatoms. The molecule has 0 aliphatic carbocycles. The molecular formula is C14H19N3O2. The lowest BCUT2D eigenvalue weighted by atomic mass is 9.75. The van der Waals surface area contributed by atoms with Crippen molar-refractivity contribution in [1.29, 1.82) is 0 Å². The summed E-state index contributed by atoms with van der Waals surface area (Å²) in [6.45, 7) is 3.85. The van der Waals surface area contributed by atoms with Crippen LogP contribution in [0, 0.1) is 12.3 Å². The van der Waals surface area contributed by atoms with Crippen molar-refractivity contribution < 1.29 is 9.15 Å². The van der Waals surface area contributed by atoms with Gasteiger partial charge in [-0.05, 0) is 24.7 Å². The first-order chi connectivity index (χ1) is 9.18. The smallest absolute Gasteiger partial charge is 0.192 e. The summed E-state index contributed by atoms with van der Waals surface area (Å²) in [4.78, 5) is 4.32. The SMILES string of the molecule is CNC(c1ccc2nc(C)oc2c1)C1(CN)COC1. The molecular weight excluding hydrogens is 242 g/mol. The van der Waals surface area contributed by atoms with Crippen LogP contribution in [0.25, 0.3) is 11.1 Å². The first-order valence-electron chi connectivity index (χ1n) is 6.51. The van der Waals surface area contributed by atoms with Gasteiger partial charge in [0.05, 0.1) is 13.2 Å². The molecule has 102 valence electrons. The van der Waals surface area contributed by atoms with Crippen molar-refractivity contribution in [3.05, 3.63) is 29.7 Å². The largest absolute Gasteiger partial charge is 0.441 e. The van der Waals surface area contributed by atoms with Crippen molar-refractivity contribution in [2.24, 2.45) is 11.1 Å². The van der Waals surface area contributed by atoms with Crippen LogP contribution in [0.1, 0.15) is 17.5 Å². The van der Waals surface area contributed by atoms with Crippen molar-refractivity contribution in [1.82, 2.24) is 10.3 Å². The molecule has 19 heavy (non-hydrogen) atoms. The number of ether oxygens (including phenoxy) is 1. The average molecular weight is 261 g/mol. The van der Waals surface area contributed by atoms with Crippen LogP contribution >= 0.6 is 0 Å². The molecule has 0 spiro atoms. The predicted octanol–water partition coefficient (Wildman–Crippen LogP) is 1.37. The number of benzene rings is 1. The number of fused-ring (bicyclic) bond motifs is 1. The van der Waals surface area contributed by atoms with E-state index in [1.54, 1.807) is 0 Å². The van der Waals surface area contributed by atoms with Gasteiger partial charge in [-0.25, -0.2) is 4.98 Å². The van der Waals surface area contributed by atoms with Gasteiger partial charge in [0.2, 0.25) is 0 Å². The normalized spacial score (nSPS) is 19.3. The standard InChI is InChI=1S/C14H19N3O2/c1-9-17-11-4-3-10(5-12(11)19-9)13(16-2)14(6-15)7-18-8-14/h3-5,13,16H,6-8,15H2,1-2H3. The molecule has 0 radical (unpaired) electrons. The molecule has 2 aromatic rings. The minimum atomic E-state index is -0.0164. The van der Waals surface area contributed by atoms with E-state index < -0.39 is 0 Å². The molecule has 1 fully saturated rings. The van der Waals surface area contributed by atoms with E-state index in [-0.39, 0.29) is 11.5 Å². The number of nitrogens with zero attached hydrogens (tertiary/aromatic N) is 1. The highest BCUT2D eigenvalue weighted by Gasteiger charge is 2.44. The molecule has 1 aliphatic rings. The molecule has 0 bridgehead atoms. The Hall–Kier alpha value is -1.43. The lowest BCUT2D eigenvalue weighted by Crippen LogP contribution is -2.55. The fourth-order valence-corrected chi connectivity index (χ4v) is 2.83. The number of aromatic nitrogens is 1. The second-order valence-corrected chi connectivity index (χ2v) is 5.24. The predicted molar refractivity (Wildman–Crippen MR) is 72.9 cm³/mol. The van der Waals surface area contributed by atoms with Crippen molar-refractivity contribution >= 4 is 11.1 Å². The molecule has 0 saturated carbocycles. The maximum absolute atomic E-state index is 5.94. The Morgan fingerprint density at radius 3 is 2.84 bits per heavy atom. The monoisotopic (exact) mass is 261 g/mol. The second kappa shape index (κ2) is 4.59. The second-order valence-electron chi connectivity index (χ2n) is 5.24. The van der Waals surface area contributed by atoms with Gasteiger partial charge < -0.3 is 20.2 Å². The summed E-state index contributed by atoms with van der Waals surface area (Å²) in [7, 11) is 1.95. The average Bonchev–Trinajstić information content (AvgIpc) is 2.72. The molecule has 2 heterocycles. The van der Waals surface area contributed by atoms with Gasteiger partial charge in [-0.3, -0.25) is 0 Å². The third-order valence-corrected chi connectivity index (χ3v) is 3.94. The van der Waals surface area contributed by atoms with E-state index in [9.17, 15) is 0 Å². The third kappa shape index (κ3) is 1.94. The van der Waals surface area contributed by atoms with Crippen molar-refractivity contribution in [3.8, 4) is 0 Å². The van der Waals surface area contributed by atoms with Gasteiger partial charge in [0.25, 0.3) is 0 Å². The number of oxazole rings is 1. The van der Waals surface area contributed by atoms with Gasteiger partial charge in [0.15, 0.2) is 11.5 Å². The van der Waals surface area contributed by atoms with E-state index in [0.717, 1.165) is 11.1 Å². The third-order valence-electron chi connectivity index (χ3n) is 3.94. The first kappa shape index (κ1) is 12.6. The number of nitrogens with one attached hydrogen (secondary N) is 1. The number of nitrogens with two attached hydrogens (primary N) is 1. The van der Waals surface area contributed by atoms with Crippen LogP contribution in [0.3, 0.4) is 0 Å². The Labute approximate surface area is 112 Å². The van der Waals surface area contributed by atoms with E-state index in [2.05, 4.69) is 16.4 Å². The molecule has 0 amide bonds. The Bertz CT molecular complexity index is 584. The van der Waals surface area contributed by atoms with E-state index >= 15 is 0 Å². The number of rotatable bonds is 4. The zero-order chi connectivity index (χ0) is 13.5. The molecule has 1 atom stereocenters. The Morgan fingerprint density at radius 2 is 2.26 bits per heavy atom. The Kier molecular flexibility index (Phi) is 3.05. The molecule has 1 aromatic carbocycles. The summed E-state index contributed by atoms with van der Waals surface area (Å²) < 4.78 is 11.0. The minimum absolute atomic E-state index is 0.0164. The zero-order valence-corrected chi connectivity index (χ0v) is 11.3. The van der Waals surface area contributed by atoms with Crippen LogP contribution in [0.2, 0.25) is 0 Å². The van der Waals surface area contributed by atoms with Gasteiger partial charge in [-0.15, -0.1) is 0 Å². The van der Waals surface area contributed by atoms with Gasteiger partial charge in [0, 0.05) is 24.9 Å². The molecule has 3 rings (SSSR count). The van der Waals surface area contributed by atoms with Crippen LogP contribution in [-0.2, 0) is 4.74 Å². The minimum Gasteiger partial charge on any atom is -0.441 e. The number of hydrogen-bond donors (Lipinski definition) is 2. The lowest BCUT2D eigenvalue weighted by molar-refractivity contribution is -0.126. The van der Waals surface area contributed by atoms with E-state index in [1.807, 2.05) is 26.1 Å². The quantitative estimate of drug-likeness (QED) is 0.869. The topological polar surface area (TPSA) is 73.3 Å². The fraction of sp³-hybridized carbons (Fsp3) is 0.500. The van der Waals surface area contributed by atoms with Gasteiger partial charge in [0.1, 0.15) is 5.52 Å². The van der Waals surface area contributed by atoms with Crippen LogP contribution in [0.4, 0.5) is 0 Å². The first-order valence-corrected chi connectivity index (χ1v) is 6.51. The highest BCUT2D eigenvalue weighted by atomic mass is 16.5. The van der Waals surface area contributed by atoms with Crippen LogP contribution in [0.15, 0.2) is 22.6 Å². The zero-order valence-electron chi connectivity index (χ0n) is 11.3. The molecule has 3 N–H and O–H groups in total. The molecule has 1 aromatic heterocycles. The summed E-state index contributed by atoms with van der Waals surface area (Å²) in [5, 5.41) is 3.36. The summed E-state index contributed by atoms with van der Waals surface area (Å²) in [5.41, 5.74) is 8.81. The van der Waals surface area contributed by atoms with Crippen molar-refractivity contribution in [2.45, 2.75) is 13.0 Å². The maximum atomic E-state index is 5.94. The number of hydrogen-bond acceptors (Lipinski definition) is 5. The van der Waals surface area contributed by atoms with E-state index in [4.69, 9.17) is 14.9 Å². The van der Waals surface area contributed by atoms with Crippen molar-refractivity contribution in [2.75, 3.05) is 26.8 Å². The number of aryl methyl sites for hydroxylation is 1. The van der Waals surface area contributed by atoms with E-state index in [0.29, 0.717) is 25.6 Å². The van der Waals surface area contributed by atoms with Gasteiger partial charge in [-0.1, -0.05) is 6.07 Å². The Morgan fingerprint density at radius 1 is 1.47 bits per heavy atom. The van der Waals surface area contributed by atoms with Crippen LogP contribution < -0.4 is 11.1 Å². The summed E-state index contributed by atoms with van der Waals surface area (Å²) >= 11 is 0. The lowest BCUT2D eigenvalue weighted by Gasteiger charge is -2.46. The van der Waals surface area contributed by atoms with Gasteiger partial charge in [-0.2, -0.15) is 0 Å². The van der Waals surface area contributed by atoms with Crippen LogP contribution in [0.5, 0.6) is 0 Å². The maximum Gasteiger partial charge on any atom is 0.192 e. The molecule has 1 aliphatic heterocycles. The summed E-state index contributed by atoms with van der Waals surface area (Å²) in [6, 6.07) is 6.30. The van der Waals surface area contributed by atoms with E-state index in [1.165, 1.54) is 5.56 Å². The highest BCUT2D eigenvalue weighted by molar-refractivity contribution is 5.73. The van der Waals surface area contributed by atoms with Crippen molar-refractivity contribution in [3.63, 3.8) is 0 Å². The Balaban J connectivity index is 2.01. The fourth-order valence-electron chi connectivity index (χ4n) is 2.83. The summed E-state index contributed by atoms with van der Waals surface area (Å²) in [6.07, 6.45) is 0. The molecule has 1 saturated heterocycles. The molecule has 1 unspecified atom stereocenters.